The van der Waals surface area contributed by atoms with Crippen LogP contribution in [-0.4, -0.2) is 12.4 Å². The summed E-state index contributed by atoms with van der Waals surface area (Å²) in [6.45, 7) is 11.3. The third-order valence-electron chi connectivity index (χ3n) is 2.17. The Morgan fingerprint density at radius 2 is 1.25 bits per heavy atom. The maximum atomic E-state index is 4.35. The summed E-state index contributed by atoms with van der Waals surface area (Å²) in [5, 5.41) is 0. The van der Waals surface area contributed by atoms with Gasteiger partial charge in [-0.2, -0.15) is 0 Å². The topological polar surface area (TPSA) is 24.7 Å². The van der Waals surface area contributed by atoms with Gasteiger partial charge in [0, 0.05) is 23.6 Å². The maximum Gasteiger partial charge on any atom is 0.0960 e. The van der Waals surface area contributed by atoms with Crippen LogP contribution in [0.5, 0.6) is 0 Å². The van der Waals surface area contributed by atoms with Crippen molar-refractivity contribution in [2.45, 2.75) is 13.8 Å². The summed E-state index contributed by atoms with van der Waals surface area (Å²) in [5.74, 6) is 0. The van der Waals surface area contributed by atoms with E-state index in [4.69, 9.17) is 0 Å². The summed E-state index contributed by atoms with van der Waals surface area (Å²) in [5.41, 5.74) is 3.63. The normalized spacial score (nSPS) is 11.1. The molecule has 1 rings (SSSR count). The summed E-state index contributed by atoms with van der Waals surface area (Å²) in [4.78, 5) is 8.69. The molecule has 16 heavy (non-hydrogen) atoms. The van der Waals surface area contributed by atoms with Gasteiger partial charge in [-0.25, -0.2) is 0 Å². The molecule has 2 heteroatoms. The summed E-state index contributed by atoms with van der Waals surface area (Å²) >= 11 is 0. The summed E-state index contributed by atoms with van der Waals surface area (Å²) in [7, 11) is 0. The van der Waals surface area contributed by atoms with Crippen molar-refractivity contribution < 1.29 is 0 Å². The average molecular weight is 212 g/mol. The lowest BCUT2D eigenvalue weighted by molar-refractivity contribution is 1.42. The predicted octanol–water partition coefficient (Wildman–Crippen LogP) is 4.42. The molecular formula is C14H16N2. The smallest absolute Gasteiger partial charge is 0.0960 e. The van der Waals surface area contributed by atoms with Crippen molar-refractivity contribution in [3.8, 4) is 0 Å². The summed E-state index contributed by atoms with van der Waals surface area (Å²) in [6, 6.07) is 3.95. The van der Waals surface area contributed by atoms with Gasteiger partial charge in [0.05, 0.1) is 11.4 Å². The quantitative estimate of drug-likeness (QED) is 0.660. The molecule has 1 aromatic carbocycles. The first-order chi connectivity index (χ1) is 7.78. The third kappa shape index (κ3) is 2.34. The van der Waals surface area contributed by atoms with Crippen LogP contribution in [-0.2, 0) is 0 Å². The second-order valence-electron chi connectivity index (χ2n) is 3.12. The van der Waals surface area contributed by atoms with Crippen molar-refractivity contribution >= 4 is 36.0 Å². The second kappa shape index (κ2) is 5.81. The van der Waals surface area contributed by atoms with Crippen LogP contribution in [0.4, 0.5) is 11.4 Å². The molecule has 0 fully saturated rings. The molecule has 0 amide bonds. The Kier molecular flexibility index (Phi) is 4.40. The molecule has 0 heterocycles. The number of hydrogen-bond donors (Lipinski definition) is 0. The van der Waals surface area contributed by atoms with E-state index in [1.165, 1.54) is 0 Å². The Balaban J connectivity index is 3.58. The van der Waals surface area contributed by atoms with Gasteiger partial charge < -0.3 is 0 Å². The molecule has 82 valence electrons. The van der Waals surface area contributed by atoms with Crippen molar-refractivity contribution in [3.63, 3.8) is 0 Å². The van der Waals surface area contributed by atoms with E-state index in [1.54, 1.807) is 24.6 Å². The van der Waals surface area contributed by atoms with Crippen LogP contribution < -0.4 is 0 Å². The van der Waals surface area contributed by atoms with Crippen molar-refractivity contribution in [1.82, 2.24) is 0 Å². The van der Waals surface area contributed by atoms with E-state index >= 15 is 0 Å². The zero-order valence-electron chi connectivity index (χ0n) is 9.77. The molecule has 0 radical (unpaired) electrons. The number of aliphatic imine (C=N–C) groups is 2. The maximum absolute atomic E-state index is 4.35. The van der Waals surface area contributed by atoms with E-state index in [-0.39, 0.29) is 0 Å². The van der Waals surface area contributed by atoms with E-state index in [9.17, 15) is 0 Å². The van der Waals surface area contributed by atoms with Crippen LogP contribution in [0.3, 0.4) is 0 Å². The summed E-state index contributed by atoms with van der Waals surface area (Å²) in [6.07, 6.45) is 7.07. The second-order valence-corrected chi connectivity index (χ2v) is 3.12. The molecule has 0 aliphatic carbocycles. The molecule has 0 aliphatic rings. The standard InChI is InChI=1S/C14H16N2/c1-5-11-9-10-12(6-2)14(16-8-4)13(11)15-7-3/h5-10H,1-2H2,3-4H3. The van der Waals surface area contributed by atoms with E-state index in [2.05, 4.69) is 23.1 Å². The zero-order valence-corrected chi connectivity index (χ0v) is 9.77. The molecule has 2 nitrogen and oxygen atoms in total. The molecule has 0 unspecified atom stereocenters. The monoisotopic (exact) mass is 212 g/mol. The van der Waals surface area contributed by atoms with Crippen LogP contribution in [0.15, 0.2) is 35.3 Å². The van der Waals surface area contributed by atoms with Crippen molar-refractivity contribution in [1.29, 1.82) is 0 Å². The molecule has 0 bridgehead atoms. The van der Waals surface area contributed by atoms with E-state index < -0.39 is 0 Å². The zero-order chi connectivity index (χ0) is 12.0. The lowest BCUT2D eigenvalue weighted by Gasteiger charge is -2.08. The first-order valence-corrected chi connectivity index (χ1v) is 5.17. The molecule has 0 atom stereocenters. The van der Waals surface area contributed by atoms with Crippen molar-refractivity contribution in [3.05, 3.63) is 36.4 Å². The van der Waals surface area contributed by atoms with E-state index in [1.807, 2.05) is 26.0 Å². The fourth-order valence-corrected chi connectivity index (χ4v) is 1.47. The van der Waals surface area contributed by atoms with Gasteiger partial charge >= 0.3 is 0 Å². The van der Waals surface area contributed by atoms with Gasteiger partial charge in [0.25, 0.3) is 0 Å². The van der Waals surface area contributed by atoms with Gasteiger partial charge in [0.2, 0.25) is 0 Å². The molecular weight excluding hydrogens is 196 g/mol. The van der Waals surface area contributed by atoms with Gasteiger partial charge in [-0.05, 0) is 13.8 Å². The highest BCUT2D eigenvalue weighted by Crippen LogP contribution is 2.36. The summed E-state index contributed by atoms with van der Waals surface area (Å²) < 4.78 is 0. The molecule has 0 N–H and O–H groups in total. The fraction of sp³-hybridized carbons (Fsp3) is 0.143. The van der Waals surface area contributed by atoms with Crippen LogP contribution in [0.1, 0.15) is 25.0 Å². The lowest BCUT2D eigenvalue weighted by atomic mass is 10.1. The Bertz CT molecular complexity index is 411. The highest BCUT2D eigenvalue weighted by Gasteiger charge is 2.07. The van der Waals surface area contributed by atoms with Gasteiger partial charge in [-0.1, -0.05) is 37.4 Å². The fourth-order valence-electron chi connectivity index (χ4n) is 1.47. The molecule has 0 saturated heterocycles. The van der Waals surface area contributed by atoms with Crippen LogP contribution in [0.25, 0.3) is 12.2 Å². The number of hydrogen-bond acceptors (Lipinski definition) is 2. The number of nitrogens with zero attached hydrogens (tertiary/aromatic N) is 2. The predicted molar refractivity (Wildman–Crippen MR) is 74.3 cm³/mol. The molecule has 1 aromatic rings. The molecule has 0 spiro atoms. The highest BCUT2D eigenvalue weighted by molar-refractivity contribution is 5.86. The number of benzene rings is 1. The van der Waals surface area contributed by atoms with Gasteiger partial charge in [0.1, 0.15) is 0 Å². The minimum absolute atomic E-state index is 0.841. The SMILES string of the molecule is C=Cc1ccc(C=C)c(N=CC)c1N=CC. The van der Waals surface area contributed by atoms with Crippen LogP contribution in [0.2, 0.25) is 0 Å². The van der Waals surface area contributed by atoms with E-state index in [0.717, 1.165) is 22.5 Å². The van der Waals surface area contributed by atoms with Gasteiger partial charge in [-0.15, -0.1) is 0 Å². The highest BCUT2D eigenvalue weighted by atomic mass is 14.8. The molecule has 0 aromatic heterocycles. The van der Waals surface area contributed by atoms with Crippen LogP contribution >= 0.6 is 0 Å². The first kappa shape index (κ1) is 12.1. The van der Waals surface area contributed by atoms with E-state index in [0.29, 0.717) is 0 Å². The minimum atomic E-state index is 0.841. The third-order valence-corrected chi connectivity index (χ3v) is 2.17. The largest absolute Gasteiger partial charge is 0.259 e. The Labute approximate surface area is 96.8 Å². The van der Waals surface area contributed by atoms with Crippen LogP contribution in [0, 0.1) is 0 Å². The lowest BCUT2D eigenvalue weighted by Crippen LogP contribution is -1.82. The molecule has 0 saturated carbocycles. The van der Waals surface area contributed by atoms with Gasteiger partial charge in [-0.3, -0.25) is 9.98 Å². The Morgan fingerprint density at radius 1 is 0.875 bits per heavy atom. The van der Waals surface area contributed by atoms with Crippen molar-refractivity contribution in [2.75, 3.05) is 0 Å². The minimum Gasteiger partial charge on any atom is -0.259 e. The molecule has 0 aliphatic heterocycles. The average Bonchev–Trinajstić information content (AvgIpc) is 2.31. The first-order valence-electron chi connectivity index (χ1n) is 5.17. The Morgan fingerprint density at radius 3 is 1.50 bits per heavy atom. The Hall–Kier alpha value is -1.96. The van der Waals surface area contributed by atoms with Gasteiger partial charge in [0.15, 0.2) is 0 Å². The number of rotatable bonds is 4. The van der Waals surface area contributed by atoms with Crippen molar-refractivity contribution in [2.24, 2.45) is 9.98 Å².